The van der Waals surface area contributed by atoms with Crippen LogP contribution in [0.25, 0.3) is 0 Å². The maximum Gasteiger partial charge on any atom is 0.335 e. The first-order valence-corrected chi connectivity index (χ1v) is 6.91. The van der Waals surface area contributed by atoms with Crippen molar-refractivity contribution in [2.24, 2.45) is 5.10 Å². The molecule has 0 unspecified atom stereocenters. The molecule has 0 radical (unpaired) electrons. The van der Waals surface area contributed by atoms with Gasteiger partial charge in [0.15, 0.2) is 11.5 Å². The number of hydrogen-bond donors (Lipinski definition) is 2. The molecule has 120 valence electrons. The van der Waals surface area contributed by atoms with Crippen molar-refractivity contribution in [3.05, 3.63) is 53.6 Å². The molecule has 6 heteroatoms. The molecule has 0 spiro atoms. The van der Waals surface area contributed by atoms with Crippen LogP contribution in [0.4, 0.5) is 5.69 Å². The van der Waals surface area contributed by atoms with Crippen LogP contribution in [-0.2, 0) is 0 Å². The largest absolute Gasteiger partial charge is 0.493 e. The maximum atomic E-state index is 10.8. The second-order valence-corrected chi connectivity index (χ2v) is 4.76. The van der Waals surface area contributed by atoms with Crippen molar-refractivity contribution in [3.63, 3.8) is 0 Å². The Morgan fingerprint density at radius 3 is 2.17 bits per heavy atom. The second kappa shape index (κ2) is 7.31. The summed E-state index contributed by atoms with van der Waals surface area (Å²) in [5.41, 5.74) is 5.48. The van der Waals surface area contributed by atoms with E-state index >= 15 is 0 Å². The highest BCUT2D eigenvalue weighted by Crippen LogP contribution is 2.27. The van der Waals surface area contributed by atoms with Crippen LogP contribution >= 0.6 is 0 Å². The Bertz CT molecular complexity index is 724. The summed E-state index contributed by atoms with van der Waals surface area (Å²) in [5, 5.41) is 13.2. The van der Waals surface area contributed by atoms with Gasteiger partial charge in [-0.3, -0.25) is 5.43 Å². The second-order valence-electron chi connectivity index (χ2n) is 4.76. The van der Waals surface area contributed by atoms with E-state index in [9.17, 15) is 4.79 Å². The molecule has 0 amide bonds. The zero-order chi connectivity index (χ0) is 16.8. The van der Waals surface area contributed by atoms with Crippen LogP contribution in [0.1, 0.15) is 22.8 Å². The van der Waals surface area contributed by atoms with Gasteiger partial charge in [0, 0.05) is 5.56 Å². The fourth-order valence-electron chi connectivity index (χ4n) is 1.96. The molecule has 6 nitrogen and oxygen atoms in total. The molecule has 0 aliphatic rings. The molecule has 0 aliphatic heterocycles. The lowest BCUT2D eigenvalue weighted by molar-refractivity contribution is 0.0697. The van der Waals surface area contributed by atoms with Crippen molar-refractivity contribution in [1.29, 1.82) is 0 Å². The molecule has 2 aromatic rings. The summed E-state index contributed by atoms with van der Waals surface area (Å²) >= 11 is 0. The fraction of sp³-hybridized carbons (Fsp3) is 0.176. The van der Waals surface area contributed by atoms with Crippen LogP contribution < -0.4 is 14.9 Å². The number of carboxylic acids is 1. The van der Waals surface area contributed by atoms with Crippen LogP contribution in [-0.4, -0.2) is 31.0 Å². The average Bonchev–Trinajstić information content (AvgIpc) is 2.59. The number of hydrogen-bond acceptors (Lipinski definition) is 5. The van der Waals surface area contributed by atoms with Gasteiger partial charge < -0.3 is 14.6 Å². The number of nitrogens with zero attached hydrogens (tertiary/aromatic N) is 1. The minimum absolute atomic E-state index is 0.233. The molecule has 0 bridgehead atoms. The van der Waals surface area contributed by atoms with E-state index in [1.165, 1.54) is 12.1 Å². The van der Waals surface area contributed by atoms with Crippen LogP contribution in [0.5, 0.6) is 11.5 Å². The summed E-state index contributed by atoms with van der Waals surface area (Å²) in [7, 11) is 3.16. The van der Waals surface area contributed by atoms with Crippen molar-refractivity contribution in [2.75, 3.05) is 19.6 Å². The average molecular weight is 314 g/mol. The van der Waals surface area contributed by atoms with Gasteiger partial charge in [-0.15, -0.1) is 0 Å². The molecule has 0 heterocycles. The van der Waals surface area contributed by atoms with E-state index < -0.39 is 5.97 Å². The molecule has 0 saturated heterocycles. The van der Waals surface area contributed by atoms with Gasteiger partial charge in [0.1, 0.15) is 0 Å². The van der Waals surface area contributed by atoms with E-state index in [-0.39, 0.29) is 5.56 Å². The number of methoxy groups -OCH3 is 2. The molecule has 0 saturated carbocycles. The molecule has 2 aromatic carbocycles. The molecule has 2 rings (SSSR count). The predicted molar refractivity (Wildman–Crippen MR) is 88.8 cm³/mol. The Kier molecular flexibility index (Phi) is 5.19. The first kappa shape index (κ1) is 16.4. The number of ether oxygens (including phenoxy) is 2. The van der Waals surface area contributed by atoms with Crippen LogP contribution in [0.15, 0.2) is 47.6 Å². The number of nitrogens with one attached hydrogen (secondary N) is 1. The smallest absolute Gasteiger partial charge is 0.335 e. The van der Waals surface area contributed by atoms with Crippen molar-refractivity contribution < 1.29 is 19.4 Å². The van der Waals surface area contributed by atoms with E-state index in [0.717, 1.165) is 11.3 Å². The van der Waals surface area contributed by atoms with Crippen LogP contribution in [0.2, 0.25) is 0 Å². The normalized spacial score (nSPS) is 11.0. The minimum Gasteiger partial charge on any atom is -0.493 e. The highest BCUT2D eigenvalue weighted by Gasteiger charge is 2.06. The van der Waals surface area contributed by atoms with E-state index in [1.807, 2.05) is 25.1 Å². The molecule has 2 N–H and O–H groups in total. The fourth-order valence-corrected chi connectivity index (χ4v) is 1.96. The summed E-state index contributed by atoms with van der Waals surface area (Å²) in [5.74, 6) is 0.327. The van der Waals surface area contributed by atoms with Gasteiger partial charge in [0.05, 0.1) is 31.2 Å². The Morgan fingerprint density at radius 1 is 1.00 bits per heavy atom. The molecule has 23 heavy (non-hydrogen) atoms. The van der Waals surface area contributed by atoms with Gasteiger partial charge in [-0.1, -0.05) is 0 Å². The molecule has 0 atom stereocenters. The van der Waals surface area contributed by atoms with Gasteiger partial charge in [-0.2, -0.15) is 5.10 Å². The highest BCUT2D eigenvalue weighted by molar-refractivity contribution is 5.99. The topological polar surface area (TPSA) is 80.2 Å². The van der Waals surface area contributed by atoms with Crippen molar-refractivity contribution in [1.82, 2.24) is 0 Å². The number of hydrazone groups is 1. The maximum absolute atomic E-state index is 10.8. The van der Waals surface area contributed by atoms with Crippen molar-refractivity contribution >= 4 is 17.4 Å². The molecule has 0 aromatic heterocycles. The van der Waals surface area contributed by atoms with E-state index in [1.54, 1.807) is 26.4 Å². The third-order valence-electron chi connectivity index (χ3n) is 3.29. The quantitative estimate of drug-likeness (QED) is 0.632. The zero-order valence-corrected chi connectivity index (χ0v) is 13.2. The number of anilines is 1. The lowest BCUT2D eigenvalue weighted by atomic mass is 10.1. The lowest BCUT2D eigenvalue weighted by Gasteiger charge is -2.09. The number of carboxylic acid groups (broad SMARTS) is 1. The standard InChI is InChI=1S/C17H18N2O4/c1-11(13-6-9-15(22-2)16(10-13)23-3)18-19-14-7-4-12(5-8-14)17(20)21/h4-10,19H,1-3H3,(H,20,21). The number of rotatable bonds is 6. The summed E-state index contributed by atoms with van der Waals surface area (Å²) in [4.78, 5) is 10.8. The Labute approximate surface area is 134 Å². The number of aromatic carboxylic acids is 1. The summed E-state index contributed by atoms with van der Waals surface area (Å²) in [6.07, 6.45) is 0. The van der Waals surface area contributed by atoms with E-state index in [0.29, 0.717) is 17.2 Å². The SMILES string of the molecule is COc1ccc(C(C)=NNc2ccc(C(=O)O)cc2)cc1OC. The van der Waals surface area contributed by atoms with E-state index in [4.69, 9.17) is 14.6 Å². The van der Waals surface area contributed by atoms with Gasteiger partial charge >= 0.3 is 5.97 Å². The third-order valence-corrected chi connectivity index (χ3v) is 3.29. The Balaban J connectivity index is 2.14. The predicted octanol–water partition coefficient (Wildman–Crippen LogP) is 3.24. The summed E-state index contributed by atoms with van der Waals surface area (Å²) < 4.78 is 10.5. The highest BCUT2D eigenvalue weighted by atomic mass is 16.5. The van der Waals surface area contributed by atoms with Crippen molar-refractivity contribution in [3.8, 4) is 11.5 Å². The van der Waals surface area contributed by atoms with Gasteiger partial charge in [0.2, 0.25) is 0 Å². The molecule has 0 aliphatic carbocycles. The zero-order valence-electron chi connectivity index (χ0n) is 13.2. The summed E-state index contributed by atoms with van der Waals surface area (Å²) in [6, 6.07) is 11.9. The molecule has 0 fully saturated rings. The first-order chi connectivity index (χ1) is 11.0. The summed E-state index contributed by atoms with van der Waals surface area (Å²) in [6.45, 7) is 1.86. The van der Waals surface area contributed by atoms with Crippen LogP contribution in [0, 0.1) is 0 Å². The lowest BCUT2D eigenvalue weighted by Crippen LogP contribution is -2.01. The van der Waals surface area contributed by atoms with Gasteiger partial charge in [-0.05, 0) is 49.4 Å². The molecular weight excluding hydrogens is 296 g/mol. The monoisotopic (exact) mass is 314 g/mol. The van der Waals surface area contributed by atoms with E-state index in [2.05, 4.69) is 10.5 Å². The van der Waals surface area contributed by atoms with Gasteiger partial charge in [-0.25, -0.2) is 4.79 Å². The Morgan fingerprint density at radius 2 is 1.61 bits per heavy atom. The van der Waals surface area contributed by atoms with Crippen molar-refractivity contribution in [2.45, 2.75) is 6.92 Å². The number of benzene rings is 2. The van der Waals surface area contributed by atoms with Crippen LogP contribution in [0.3, 0.4) is 0 Å². The minimum atomic E-state index is -0.957. The van der Waals surface area contributed by atoms with Gasteiger partial charge in [0.25, 0.3) is 0 Å². The Hall–Kier alpha value is -3.02. The third kappa shape index (κ3) is 4.00. The molecular formula is C17H18N2O4. The first-order valence-electron chi connectivity index (χ1n) is 6.91. The number of carbonyl (C=O) groups is 1.